The molecule has 0 aromatic heterocycles. The molecule has 0 radical (unpaired) electrons. The van der Waals surface area contributed by atoms with E-state index in [2.05, 4.69) is 5.32 Å². The van der Waals surface area contributed by atoms with E-state index in [9.17, 15) is 13.6 Å². The second-order valence-electron chi connectivity index (χ2n) is 4.05. The SMILES string of the molecule is CCCCC(Nc1ccccc1SC(F)F)C(=O)O. The van der Waals surface area contributed by atoms with Gasteiger partial charge in [0.2, 0.25) is 0 Å². The van der Waals surface area contributed by atoms with E-state index in [0.717, 1.165) is 12.8 Å². The van der Waals surface area contributed by atoms with Crippen LogP contribution in [0.25, 0.3) is 0 Å². The van der Waals surface area contributed by atoms with E-state index < -0.39 is 17.8 Å². The van der Waals surface area contributed by atoms with Crippen LogP contribution in [0.2, 0.25) is 0 Å². The largest absolute Gasteiger partial charge is 0.480 e. The van der Waals surface area contributed by atoms with Crippen molar-refractivity contribution in [1.29, 1.82) is 0 Å². The summed E-state index contributed by atoms with van der Waals surface area (Å²) in [6.45, 7) is 1.97. The lowest BCUT2D eigenvalue weighted by Gasteiger charge is -2.17. The van der Waals surface area contributed by atoms with Gasteiger partial charge in [-0.2, -0.15) is 8.78 Å². The van der Waals surface area contributed by atoms with Crippen LogP contribution in [0.3, 0.4) is 0 Å². The number of alkyl halides is 2. The van der Waals surface area contributed by atoms with Gasteiger partial charge in [0.15, 0.2) is 0 Å². The lowest BCUT2D eigenvalue weighted by atomic mass is 10.1. The number of carbonyl (C=O) groups is 1. The molecule has 1 rings (SSSR count). The van der Waals surface area contributed by atoms with Crippen LogP contribution in [0.4, 0.5) is 14.5 Å². The second-order valence-corrected chi connectivity index (χ2v) is 5.08. The molecule has 1 aromatic carbocycles. The molecule has 0 saturated carbocycles. The maximum atomic E-state index is 12.4. The Hall–Kier alpha value is -1.30. The molecule has 19 heavy (non-hydrogen) atoms. The second kappa shape index (κ2) is 7.99. The predicted molar refractivity (Wildman–Crippen MR) is 72.9 cm³/mol. The van der Waals surface area contributed by atoms with Gasteiger partial charge in [-0.05, 0) is 18.6 Å². The number of thioether (sulfide) groups is 1. The van der Waals surface area contributed by atoms with E-state index in [0.29, 0.717) is 28.8 Å². The van der Waals surface area contributed by atoms with Crippen molar-refractivity contribution in [3.63, 3.8) is 0 Å². The minimum absolute atomic E-state index is 0.361. The zero-order chi connectivity index (χ0) is 14.3. The van der Waals surface area contributed by atoms with Crippen molar-refractivity contribution in [3.05, 3.63) is 24.3 Å². The number of hydrogen-bond donors (Lipinski definition) is 2. The zero-order valence-corrected chi connectivity index (χ0v) is 11.4. The minimum Gasteiger partial charge on any atom is -0.480 e. The number of unbranched alkanes of at least 4 members (excludes halogenated alkanes) is 1. The van der Waals surface area contributed by atoms with Gasteiger partial charge in [-0.3, -0.25) is 0 Å². The van der Waals surface area contributed by atoms with Gasteiger partial charge in [0.25, 0.3) is 5.76 Å². The van der Waals surface area contributed by atoms with Gasteiger partial charge in [-0.1, -0.05) is 43.7 Å². The summed E-state index contributed by atoms with van der Waals surface area (Å²) in [6, 6.07) is 5.76. The molecule has 0 aliphatic rings. The summed E-state index contributed by atoms with van der Waals surface area (Å²) in [5, 5.41) is 12.0. The highest BCUT2D eigenvalue weighted by molar-refractivity contribution is 7.99. The lowest BCUT2D eigenvalue weighted by Crippen LogP contribution is -2.29. The Morgan fingerprint density at radius 3 is 2.68 bits per heavy atom. The van der Waals surface area contributed by atoms with Crippen LogP contribution in [0.15, 0.2) is 29.2 Å². The van der Waals surface area contributed by atoms with Crippen LogP contribution in [0.1, 0.15) is 26.2 Å². The first-order valence-corrected chi connectivity index (χ1v) is 6.95. The van der Waals surface area contributed by atoms with Crippen molar-refractivity contribution in [2.45, 2.75) is 42.9 Å². The van der Waals surface area contributed by atoms with Gasteiger partial charge < -0.3 is 10.4 Å². The van der Waals surface area contributed by atoms with Crippen LogP contribution < -0.4 is 5.32 Å². The number of rotatable bonds is 8. The molecular weight excluding hydrogens is 272 g/mol. The van der Waals surface area contributed by atoms with E-state index >= 15 is 0 Å². The van der Waals surface area contributed by atoms with Crippen molar-refractivity contribution in [1.82, 2.24) is 0 Å². The standard InChI is InChI=1S/C13H17F2NO2S/c1-2-3-6-10(12(17)18)16-9-7-4-5-8-11(9)19-13(14)15/h4-5,7-8,10,13,16H,2-3,6H2,1H3,(H,17,18). The quantitative estimate of drug-likeness (QED) is 0.709. The van der Waals surface area contributed by atoms with Crippen LogP contribution in [-0.4, -0.2) is 22.9 Å². The van der Waals surface area contributed by atoms with Gasteiger partial charge in [0.05, 0.1) is 0 Å². The molecule has 0 aliphatic carbocycles. The van der Waals surface area contributed by atoms with Gasteiger partial charge in [0, 0.05) is 10.6 Å². The summed E-state index contributed by atoms with van der Waals surface area (Å²) in [6.07, 6.45) is 2.13. The third-order valence-electron chi connectivity index (χ3n) is 2.58. The van der Waals surface area contributed by atoms with Crippen LogP contribution in [-0.2, 0) is 4.79 Å². The van der Waals surface area contributed by atoms with Gasteiger partial charge in [-0.25, -0.2) is 4.79 Å². The van der Waals surface area contributed by atoms with E-state index in [1.54, 1.807) is 24.3 Å². The molecule has 1 aromatic rings. The average Bonchev–Trinajstić information content (AvgIpc) is 2.35. The number of para-hydroxylation sites is 1. The number of carboxylic acids is 1. The fraction of sp³-hybridized carbons (Fsp3) is 0.462. The highest BCUT2D eigenvalue weighted by Crippen LogP contribution is 2.32. The maximum Gasteiger partial charge on any atom is 0.326 e. The van der Waals surface area contributed by atoms with Gasteiger partial charge >= 0.3 is 5.97 Å². The molecule has 106 valence electrons. The van der Waals surface area contributed by atoms with Crippen molar-refractivity contribution in [3.8, 4) is 0 Å². The summed E-state index contributed by atoms with van der Waals surface area (Å²) in [5.41, 5.74) is 0.441. The predicted octanol–water partition coefficient (Wildman–Crippen LogP) is 4.06. The van der Waals surface area contributed by atoms with Crippen LogP contribution in [0, 0.1) is 0 Å². The van der Waals surface area contributed by atoms with Crippen molar-refractivity contribution in [2.24, 2.45) is 0 Å². The van der Waals surface area contributed by atoms with Crippen LogP contribution in [0.5, 0.6) is 0 Å². The smallest absolute Gasteiger partial charge is 0.326 e. The van der Waals surface area contributed by atoms with Crippen LogP contribution >= 0.6 is 11.8 Å². The van der Waals surface area contributed by atoms with E-state index in [1.807, 2.05) is 6.92 Å². The minimum atomic E-state index is -2.53. The monoisotopic (exact) mass is 289 g/mol. The Balaban J connectivity index is 2.80. The Kier molecular flexibility index (Phi) is 6.62. The molecule has 3 nitrogen and oxygen atoms in total. The molecular formula is C13H17F2NO2S. The number of halogens is 2. The number of hydrogen-bond acceptors (Lipinski definition) is 3. The molecule has 0 spiro atoms. The Bertz CT molecular complexity index is 415. The average molecular weight is 289 g/mol. The molecule has 0 amide bonds. The number of nitrogens with one attached hydrogen (secondary N) is 1. The van der Waals surface area contributed by atoms with E-state index in [-0.39, 0.29) is 0 Å². The molecule has 0 fully saturated rings. The first kappa shape index (κ1) is 15.8. The Morgan fingerprint density at radius 1 is 1.42 bits per heavy atom. The molecule has 0 heterocycles. The van der Waals surface area contributed by atoms with Crippen molar-refractivity contribution in [2.75, 3.05) is 5.32 Å². The van der Waals surface area contributed by atoms with Crippen molar-refractivity contribution < 1.29 is 18.7 Å². The Labute approximate surface area is 115 Å². The lowest BCUT2D eigenvalue weighted by molar-refractivity contribution is -0.138. The molecule has 1 atom stereocenters. The summed E-state index contributed by atoms with van der Waals surface area (Å²) >= 11 is 0.414. The Morgan fingerprint density at radius 2 is 2.11 bits per heavy atom. The first-order valence-electron chi connectivity index (χ1n) is 6.07. The molecule has 1 unspecified atom stereocenters. The van der Waals surface area contributed by atoms with Gasteiger partial charge in [0.1, 0.15) is 6.04 Å². The molecule has 0 bridgehead atoms. The van der Waals surface area contributed by atoms with E-state index in [1.165, 1.54) is 0 Å². The summed E-state index contributed by atoms with van der Waals surface area (Å²) in [7, 11) is 0. The normalized spacial score (nSPS) is 12.4. The third kappa shape index (κ3) is 5.46. The molecule has 0 aliphatic heterocycles. The maximum absolute atomic E-state index is 12.4. The molecule has 2 N–H and O–H groups in total. The summed E-state index contributed by atoms with van der Waals surface area (Å²) < 4.78 is 24.8. The topological polar surface area (TPSA) is 49.3 Å². The molecule has 6 heteroatoms. The summed E-state index contributed by atoms with van der Waals surface area (Å²) in [4.78, 5) is 11.5. The van der Waals surface area contributed by atoms with Gasteiger partial charge in [-0.15, -0.1) is 0 Å². The number of carboxylic acid groups (broad SMARTS) is 1. The molecule has 0 saturated heterocycles. The zero-order valence-electron chi connectivity index (χ0n) is 10.6. The highest BCUT2D eigenvalue weighted by atomic mass is 32.2. The highest BCUT2D eigenvalue weighted by Gasteiger charge is 2.18. The fourth-order valence-electron chi connectivity index (χ4n) is 1.64. The third-order valence-corrected chi connectivity index (χ3v) is 3.37. The van der Waals surface area contributed by atoms with Crippen molar-refractivity contribution >= 4 is 23.4 Å². The summed E-state index contributed by atoms with van der Waals surface area (Å²) in [5.74, 6) is -3.49. The number of benzene rings is 1. The number of aliphatic carboxylic acids is 1. The number of anilines is 1. The fourth-order valence-corrected chi connectivity index (χ4v) is 2.24. The first-order chi connectivity index (χ1) is 9.04. The van der Waals surface area contributed by atoms with E-state index in [4.69, 9.17) is 5.11 Å².